The van der Waals surface area contributed by atoms with Crippen molar-refractivity contribution in [2.45, 2.75) is 82.6 Å². The predicted octanol–water partition coefficient (Wildman–Crippen LogP) is 6.54. The highest BCUT2D eigenvalue weighted by Gasteiger charge is 2.67. The minimum absolute atomic E-state index is 0.0116. The van der Waals surface area contributed by atoms with E-state index in [0.29, 0.717) is 12.5 Å². The van der Waals surface area contributed by atoms with Crippen molar-refractivity contribution in [3.63, 3.8) is 0 Å². The summed E-state index contributed by atoms with van der Waals surface area (Å²) >= 11 is 0. The Labute approximate surface area is 272 Å². The van der Waals surface area contributed by atoms with Crippen LogP contribution in [0.15, 0.2) is 73.9 Å². The third kappa shape index (κ3) is 4.27. The maximum Gasteiger partial charge on any atom is 0.234 e. The summed E-state index contributed by atoms with van der Waals surface area (Å²) < 4.78 is 0. The van der Waals surface area contributed by atoms with Crippen LogP contribution in [0.4, 0.5) is 0 Å². The second-order valence-electron chi connectivity index (χ2n) is 15.5. The van der Waals surface area contributed by atoms with Crippen molar-refractivity contribution in [1.82, 2.24) is 9.80 Å². The van der Waals surface area contributed by atoms with Crippen molar-refractivity contribution >= 4 is 23.6 Å². The van der Waals surface area contributed by atoms with Gasteiger partial charge >= 0.3 is 0 Å². The highest BCUT2D eigenvalue weighted by atomic mass is 16.2. The first-order chi connectivity index (χ1) is 22.3. The third-order valence-electron chi connectivity index (χ3n) is 13.3. The van der Waals surface area contributed by atoms with Crippen molar-refractivity contribution < 1.29 is 19.2 Å². The lowest BCUT2D eigenvalue weighted by atomic mass is 9.72. The number of hydrogen-bond acceptors (Lipinski definition) is 4. The van der Waals surface area contributed by atoms with E-state index >= 15 is 0 Å². The molecule has 4 amide bonds. The van der Waals surface area contributed by atoms with Gasteiger partial charge in [0.05, 0.1) is 23.7 Å². The number of amides is 4. The summed E-state index contributed by atoms with van der Waals surface area (Å²) in [7, 11) is 0. The molecule has 6 heteroatoms. The minimum atomic E-state index is -0.194. The Morgan fingerprint density at radius 1 is 0.761 bits per heavy atom. The van der Waals surface area contributed by atoms with Crippen LogP contribution in [0.25, 0.3) is 0 Å². The van der Waals surface area contributed by atoms with E-state index < -0.39 is 0 Å². The highest BCUT2D eigenvalue weighted by Crippen LogP contribution is 2.63. The molecule has 5 fully saturated rings. The molecule has 0 radical (unpaired) electrons. The molecular weight excluding hydrogens is 572 g/mol. The van der Waals surface area contributed by atoms with Crippen molar-refractivity contribution in [1.29, 1.82) is 0 Å². The van der Waals surface area contributed by atoms with Crippen LogP contribution >= 0.6 is 0 Å². The number of nitrogens with zero attached hydrogens (tertiary/aromatic N) is 2. The first kappa shape index (κ1) is 29.8. The van der Waals surface area contributed by atoms with Gasteiger partial charge in [-0.25, -0.2) is 0 Å². The van der Waals surface area contributed by atoms with Crippen LogP contribution < -0.4 is 0 Å². The molecule has 1 aromatic carbocycles. The van der Waals surface area contributed by atoms with E-state index in [-0.39, 0.29) is 76.0 Å². The van der Waals surface area contributed by atoms with Crippen molar-refractivity contribution in [3.8, 4) is 0 Å². The number of aryl methyl sites for hydroxylation is 1. The highest BCUT2D eigenvalue weighted by molar-refractivity contribution is 6.07. The minimum Gasteiger partial charge on any atom is -0.282 e. The molecule has 10 atom stereocenters. The molecule has 4 bridgehead atoms. The Kier molecular flexibility index (Phi) is 7.15. The second kappa shape index (κ2) is 11.0. The summed E-state index contributed by atoms with van der Waals surface area (Å²) in [6.07, 6.45) is 22.3. The summed E-state index contributed by atoms with van der Waals surface area (Å²) in [6, 6.07) is 8.72. The van der Waals surface area contributed by atoms with Gasteiger partial charge in [0.25, 0.3) is 0 Å². The van der Waals surface area contributed by atoms with Crippen LogP contribution in [0, 0.1) is 46.3 Å². The van der Waals surface area contributed by atoms with E-state index in [1.54, 1.807) is 9.80 Å². The van der Waals surface area contributed by atoms with Crippen molar-refractivity contribution in [2.75, 3.05) is 6.54 Å². The molecule has 2 saturated heterocycles. The molecule has 3 saturated carbocycles. The maximum absolute atomic E-state index is 13.8. The van der Waals surface area contributed by atoms with Gasteiger partial charge in [-0.3, -0.25) is 29.0 Å². The van der Waals surface area contributed by atoms with Crippen LogP contribution in [0.5, 0.6) is 0 Å². The van der Waals surface area contributed by atoms with Crippen molar-refractivity contribution in [2.24, 2.45) is 46.3 Å². The maximum atomic E-state index is 13.8. The van der Waals surface area contributed by atoms with Gasteiger partial charge in [0.1, 0.15) is 0 Å². The quantitative estimate of drug-likeness (QED) is 0.197. The zero-order valence-corrected chi connectivity index (χ0v) is 26.8. The number of carbonyl (C=O) groups excluding carboxylic acids is 4. The molecule has 0 aromatic heterocycles. The largest absolute Gasteiger partial charge is 0.282 e. The Morgan fingerprint density at radius 2 is 1.37 bits per heavy atom. The number of likely N-dealkylation sites (tertiary alicyclic amines) is 2. The standard InChI is InChI=1S/C40H46N2O4/c1-3-5-17-39-19-15-28(23-39)31-33(39)37(45)41(35(31)43)21-7-8-25-9-11-26(12-10-25)27-13-14-30(22-27)42-36(44)32-29-16-20-40(24-29,18-6-4-2)34(32)38(42)46/h3-4,9-12,15-16,19-20,27-34H,1-2,5-8,13-14,17-18,21-24H2. The van der Waals surface area contributed by atoms with E-state index in [0.717, 1.165) is 70.6 Å². The molecule has 2 aliphatic heterocycles. The number of hydrogen-bond donors (Lipinski definition) is 0. The Morgan fingerprint density at radius 3 is 2.00 bits per heavy atom. The Bertz CT molecular complexity index is 1560. The van der Waals surface area contributed by atoms with Crippen LogP contribution in [0.1, 0.15) is 81.3 Å². The molecule has 240 valence electrons. The SMILES string of the molecule is C=CCCC12C=CC(C1)C1C(=O)N(CCCc3ccc(C4CCC(N5C(=O)C6C7C=CC(CCC=C)(C7)C6C5=O)C4)cc3)C(=O)C12. The van der Waals surface area contributed by atoms with E-state index in [4.69, 9.17) is 0 Å². The first-order valence-corrected chi connectivity index (χ1v) is 17.7. The summed E-state index contributed by atoms with van der Waals surface area (Å²) in [5.41, 5.74) is 2.13. The zero-order valence-electron chi connectivity index (χ0n) is 26.8. The Hall–Kier alpha value is -3.54. The number of imide groups is 2. The molecule has 6 nitrogen and oxygen atoms in total. The third-order valence-corrected chi connectivity index (χ3v) is 13.3. The van der Waals surface area contributed by atoms with E-state index in [1.807, 2.05) is 12.2 Å². The molecule has 5 aliphatic carbocycles. The van der Waals surface area contributed by atoms with E-state index in [9.17, 15) is 19.2 Å². The summed E-state index contributed by atoms with van der Waals surface area (Å²) in [5, 5.41) is 0. The number of allylic oxidation sites excluding steroid dienone is 6. The van der Waals surface area contributed by atoms with Gasteiger partial charge in [0.2, 0.25) is 23.6 Å². The molecule has 2 heterocycles. The van der Waals surface area contributed by atoms with Crippen LogP contribution in [-0.2, 0) is 25.6 Å². The van der Waals surface area contributed by atoms with Gasteiger partial charge in [-0.2, -0.15) is 0 Å². The normalized spacial score (nSPS) is 39.7. The lowest BCUT2D eigenvalue weighted by Crippen LogP contribution is -2.41. The van der Waals surface area contributed by atoms with Crippen LogP contribution in [0.2, 0.25) is 0 Å². The zero-order chi connectivity index (χ0) is 31.8. The molecule has 0 spiro atoms. The monoisotopic (exact) mass is 618 g/mol. The number of carbonyl (C=O) groups is 4. The number of rotatable bonds is 12. The van der Waals surface area contributed by atoms with Crippen LogP contribution in [-0.4, -0.2) is 46.0 Å². The fourth-order valence-electron chi connectivity index (χ4n) is 11.2. The lowest BCUT2D eigenvalue weighted by Gasteiger charge is -2.31. The van der Waals surface area contributed by atoms with Gasteiger partial charge in [0.15, 0.2) is 0 Å². The molecule has 46 heavy (non-hydrogen) atoms. The number of fused-ring (bicyclic) bond motifs is 10. The van der Waals surface area contributed by atoms with Gasteiger partial charge in [-0.05, 0) is 99.5 Å². The van der Waals surface area contributed by atoms with Gasteiger partial charge in [-0.1, -0.05) is 60.7 Å². The summed E-state index contributed by atoms with van der Waals surface area (Å²) in [5.74, 6) is 0.216. The Balaban J connectivity index is 0.862. The smallest absolute Gasteiger partial charge is 0.234 e. The summed E-state index contributed by atoms with van der Waals surface area (Å²) in [4.78, 5) is 57.6. The second-order valence-corrected chi connectivity index (χ2v) is 15.5. The van der Waals surface area contributed by atoms with Gasteiger partial charge in [0, 0.05) is 23.4 Å². The number of benzene rings is 1. The molecule has 10 unspecified atom stereocenters. The molecular formula is C40H46N2O4. The van der Waals surface area contributed by atoms with Crippen LogP contribution in [0.3, 0.4) is 0 Å². The topological polar surface area (TPSA) is 74.8 Å². The van der Waals surface area contributed by atoms with E-state index in [2.05, 4.69) is 61.7 Å². The fourth-order valence-corrected chi connectivity index (χ4v) is 11.2. The van der Waals surface area contributed by atoms with E-state index in [1.165, 1.54) is 11.1 Å². The predicted molar refractivity (Wildman–Crippen MR) is 176 cm³/mol. The average Bonchev–Trinajstić information content (AvgIpc) is 3.92. The first-order valence-electron chi connectivity index (χ1n) is 17.7. The average molecular weight is 619 g/mol. The van der Waals surface area contributed by atoms with Gasteiger partial charge in [-0.15, -0.1) is 13.2 Å². The fraction of sp³-hybridized carbons (Fsp3) is 0.550. The summed E-state index contributed by atoms with van der Waals surface area (Å²) in [6.45, 7) is 8.23. The molecule has 7 aliphatic rings. The molecule has 1 aromatic rings. The molecule has 8 rings (SSSR count). The lowest BCUT2D eigenvalue weighted by molar-refractivity contribution is -0.144. The van der Waals surface area contributed by atoms with Gasteiger partial charge < -0.3 is 0 Å². The molecule has 0 N–H and O–H groups in total. The van der Waals surface area contributed by atoms with Crippen molar-refractivity contribution in [3.05, 3.63) is 85.0 Å².